The van der Waals surface area contributed by atoms with Crippen molar-refractivity contribution in [3.05, 3.63) is 30.1 Å². The summed E-state index contributed by atoms with van der Waals surface area (Å²) in [7, 11) is 1.99. The fourth-order valence-electron chi connectivity index (χ4n) is 1.35. The van der Waals surface area contributed by atoms with Crippen LogP contribution in [0.5, 0.6) is 0 Å². The minimum Gasteiger partial charge on any atom is -0.550 e. The van der Waals surface area contributed by atoms with E-state index in [2.05, 4.69) is 4.98 Å². The summed E-state index contributed by atoms with van der Waals surface area (Å²) in [5.41, 5.74) is 1.23. The fraction of sp³-hybridized carbons (Fsp3) is 0.455. The van der Waals surface area contributed by atoms with Crippen LogP contribution >= 0.6 is 0 Å². The first kappa shape index (κ1) is 11.7. The van der Waals surface area contributed by atoms with Gasteiger partial charge < -0.3 is 14.8 Å². The van der Waals surface area contributed by atoms with Gasteiger partial charge in [0.25, 0.3) is 0 Å². The number of carboxylic acids is 1. The van der Waals surface area contributed by atoms with Gasteiger partial charge in [0.2, 0.25) is 0 Å². The number of likely N-dealkylation sites (N-methyl/N-ethyl adjacent to an activating group) is 1. The highest BCUT2D eigenvalue weighted by molar-refractivity contribution is 5.64. The van der Waals surface area contributed by atoms with E-state index in [-0.39, 0.29) is 6.42 Å². The lowest BCUT2D eigenvalue weighted by Gasteiger charge is -2.13. The summed E-state index contributed by atoms with van der Waals surface area (Å²) in [6, 6.07) is 3.96. The molecule has 1 atom stereocenters. The van der Waals surface area contributed by atoms with Crippen LogP contribution in [0.1, 0.15) is 12.0 Å². The maximum Gasteiger partial charge on any atom is 0.0821 e. The van der Waals surface area contributed by atoms with Crippen LogP contribution in [0.25, 0.3) is 0 Å². The SMILES string of the molecule is C[NH+](CCC(=O)[O-])CCc1ccncc1. The molecule has 1 aromatic heterocycles. The Hall–Kier alpha value is -1.42. The zero-order valence-electron chi connectivity index (χ0n) is 8.90. The molecule has 0 spiro atoms. The number of aliphatic carboxylic acids is 1. The van der Waals surface area contributed by atoms with Crippen molar-refractivity contribution in [3.8, 4) is 0 Å². The summed E-state index contributed by atoms with van der Waals surface area (Å²) in [5.74, 6) is -0.974. The van der Waals surface area contributed by atoms with Crippen LogP contribution in [0.2, 0.25) is 0 Å². The first-order valence-electron chi connectivity index (χ1n) is 5.08. The Balaban J connectivity index is 2.22. The topological polar surface area (TPSA) is 57.5 Å². The summed E-state index contributed by atoms with van der Waals surface area (Å²) in [6.07, 6.45) is 4.61. The molecule has 1 rings (SSSR count). The number of rotatable bonds is 6. The molecule has 4 nitrogen and oxygen atoms in total. The number of quaternary nitrogens is 1. The zero-order chi connectivity index (χ0) is 11.1. The van der Waals surface area contributed by atoms with E-state index in [9.17, 15) is 9.90 Å². The summed E-state index contributed by atoms with van der Waals surface area (Å²) >= 11 is 0. The standard InChI is InChI=1S/C11H16N2O2/c1-13(9-5-11(14)15)8-4-10-2-6-12-7-3-10/h2-3,6-7H,4-5,8-9H2,1H3,(H,14,15). The fourth-order valence-corrected chi connectivity index (χ4v) is 1.35. The third-order valence-electron chi connectivity index (χ3n) is 2.35. The molecule has 0 saturated carbocycles. The number of pyridine rings is 1. The number of aromatic nitrogens is 1. The zero-order valence-corrected chi connectivity index (χ0v) is 8.90. The minimum atomic E-state index is -0.974. The van der Waals surface area contributed by atoms with E-state index in [1.807, 2.05) is 19.2 Å². The molecular weight excluding hydrogens is 192 g/mol. The largest absolute Gasteiger partial charge is 0.550 e. The monoisotopic (exact) mass is 208 g/mol. The summed E-state index contributed by atoms with van der Waals surface area (Å²) in [5, 5.41) is 10.2. The Morgan fingerprint density at radius 1 is 1.40 bits per heavy atom. The van der Waals surface area contributed by atoms with Crippen molar-refractivity contribution in [1.82, 2.24) is 4.98 Å². The Morgan fingerprint density at radius 3 is 2.67 bits per heavy atom. The van der Waals surface area contributed by atoms with Gasteiger partial charge in [0, 0.05) is 31.2 Å². The van der Waals surface area contributed by atoms with Crippen LogP contribution in [0.4, 0.5) is 0 Å². The van der Waals surface area contributed by atoms with Crippen molar-refractivity contribution in [2.24, 2.45) is 0 Å². The lowest BCUT2D eigenvalue weighted by atomic mass is 10.2. The lowest BCUT2D eigenvalue weighted by molar-refractivity contribution is -0.879. The Bertz CT molecular complexity index is 301. The average molecular weight is 208 g/mol. The van der Waals surface area contributed by atoms with Crippen LogP contribution in [0.15, 0.2) is 24.5 Å². The highest BCUT2D eigenvalue weighted by Crippen LogP contribution is 1.94. The smallest absolute Gasteiger partial charge is 0.0821 e. The molecule has 0 aromatic carbocycles. The van der Waals surface area contributed by atoms with E-state index >= 15 is 0 Å². The maximum atomic E-state index is 10.2. The molecule has 1 heterocycles. The van der Waals surface area contributed by atoms with Gasteiger partial charge >= 0.3 is 0 Å². The molecule has 0 aliphatic heterocycles. The number of nitrogens with zero attached hydrogens (tertiary/aromatic N) is 1. The molecule has 0 aliphatic carbocycles. The molecule has 1 aromatic rings. The van der Waals surface area contributed by atoms with E-state index in [4.69, 9.17) is 0 Å². The Morgan fingerprint density at radius 2 is 2.07 bits per heavy atom. The number of nitrogens with one attached hydrogen (secondary N) is 1. The van der Waals surface area contributed by atoms with Crippen LogP contribution < -0.4 is 10.0 Å². The molecule has 1 N–H and O–H groups in total. The second-order valence-corrected chi connectivity index (χ2v) is 3.68. The second kappa shape index (κ2) is 6.14. The molecule has 0 aliphatic rings. The maximum absolute atomic E-state index is 10.2. The van der Waals surface area contributed by atoms with Crippen molar-refractivity contribution >= 4 is 5.97 Å². The first-order valence-corrected chi connectivity index (χ1v) is 5.08. The van der Waals surface area contributed by atoms with Crippen LogP contribution in [0.3, 0.4) is 0 Å². The highest BCUT2D eigenvalue weighted by Gasteiger charge is 2.02. The van der Waals surface area contributed by atoms with Crippen molar-refractivity contribution in [3.63, 3.8) is 0 Å². The van der Waals surface area contributed by atoms with Gasteiger partial charge in [-0.2, -0.15) is 0 Å². The first-order chi connectivity index (χ1) is 7.18. The number of hydrogen-bond donors (Lipinski definition) is 1. The van der Waals surface area contributed by atoms with E-state index < -0.39 is 5.97 Å². The molecule has 1 unspecified atom stereocenters. The number of carbonyl (C=O) groups excluding carboxylic acids is 1. The third kappa shape index (κ3) is 5.12. The van der Waals surface area contributed by atoms with Gasteiger partial charge in [0.15, 0.2) is 0 Å². The van der Waals surface area contributed by atoms with Gasteiger partial charge in [-0.15, -0.1) is 0 Å². The normalized spacial score (nSPS) is 12.3. The number of carbonyl (C=O) groups is 1. The predicted octanol–water partition coefficient (Wildman–Crippen LogP) is -1.72. The molecule has 0 radical (unpaired) electrons. The predicted molar refractivity (Wildman–Crippen MR) is 54.2 cm³/mol. The van der Waals surface area contributed by atoms with Crippen molar-refractivity contribution in [1.29, 1.82) is 0 Å². The molecule has 82 valence electrons. The van der Waals surface area contributed by atoms with Crippen LogP contribution in [-0.4, -0.2) is 31.1 Å². The van der Waals surface area contributed by atoms with Gasteiger partial charge in [-0.25, -0.2) is 0 Å². The van der Waals surface area contributed by atoms with Gasteiger partial charge in [-0.3, -0.25) is 4.98 Å². The molecule has 4 heteroatoms. The number of hydrogen-bond acceptors (Lipinski definition) is 3. The number of carboxylic acid groups (broad SMARTS) is 1. The Kier molecular flexibility index (Phi) is 4.77. The Labute approximate surface area is 89.6 Å². The second-order valence-electron chi connectivity index (χ2n) is 3.68. The van der Waals surface area contributed by atoms with Crippen molar-refractivity contribution in [2.45, 2.75) is 12.8 Å². The van der Waals surface area contributed by atoms with Crippen LogP contribution in [0, 0.1) is 0 Å². The van der Waals surface area contributed by atoms with E-state index in [1.54, 1.807) is 12.4 Å². The average Bonchev–Trinajstić information content (AvgIpc) is 2.25. The van der Waals surface area contributed by atoms with Crippen LogP contribution in [-0.2, 0) is 11.2 Å². The molecule has 0 fully saturated rings. The van der Waals surface area contributed by atoms with Crippen molar-refractivity contribution in [2.75, 3.05) is 20.1 Å². The highest BCUT2D eigenvalue weighted by atomic mass is 16.4. The molecule has 15 heavy (non-hydrogen) atoms. The summed E-state index contributed by atoms with van der Waals surface area (Å²) in [6.45, 7) is 1.55. The minimum absolute atomic E-state index is 0.127. The lowest BCUT2D eigenvalue weighted by Crippen LogP contribution is -3.09. The molecular formula is C11H16N2O2. The third-order valence-corrected chi connectivity index (χ3v) is 2.35. The quantitative estimate of drug-likeness (QED) is 0.605. The molecule has 0 bridgehead atoms. The molecule has 0 saturated heterocycles. The summed E-state index contributed by atoms with van der Waals surface area (Å²) < 4.78 is 0. The van der Waals surface area contributed by atoms with Gasteiger partial charge in [-0.05, 0) is 17.7 Å². The van der Waals surface area contributed by atoms with Crippen molar-refractivity contribution < 1.29 is 14.8 Å². The van der Waals surface area contributed by atoms with Gasteiger partial charge in [-0.1, -0.05) is 0 Å². The van der Waals surface area contributed by atoms with E-state index in [1.165, 1.54) is 10.5 Å². The van der Waals surface area contributed by atoms with Gasteiger partial charge in [0.1, 0.15) is 0 Å². The van der Waals surface area contributed by atoms with E-state index in [0.29, 0.717) is 6.54 Å². The summed E-state index contributed by atoms with van der Waals surface area (Å²) in [4.78, 5) is 15.4. The van der Waals surface area contributed by atoms with E-state index in [0.717, 1.165) is 13.0 Å². The molecule has 0 amide bonds. The van der Waals surface area contributed by atoms with Gasteiger partial charge in [0.05, 0.1) is 20.1 Å².